The third kappa shape index (κ3) is 4.18. The Morgan fingerprint density at radius 2 is 2.26 bits per heavy atom. The molecular weight excluding hydrogens is 371 g/mol. The van der Waals surface area contributed by atoms with Crippen molar-refractivity contribution in [3.8, 4) is 0 Å². The molecule has 0 spiro atoms. The maximum Gasteiger partial charge on any atom is 0.231 e. The van der Waals surface area contributed by atoms with Crippen LogP contribution in [0.15, 0.2) is 28.1 Å². The number of benzene rings is 1. The second-order valence-electron chi connectivity index (χ2n) is 3.72. The van der Waals surface area contributed by atoms with Gasteiger partial charge in [0.05, 0.1) is 23.0 Å². The van der Waals surface area contributed by atoms with Crippen LogP contribution in [0.3, 0.4) is 0 Å². The number of rotatable bonds is 4. The van der Waals surface area contributed by atoms with Gasteiger partial charge in [0.1, 0.15) is 5.01 Å². The monoisotopic (exact) mass is 378 g/mol. The maximum atomic E-state index is 11.8. The molecule has 1 heterocycles. The molecule has 0 aliphatic heterocycles. The van der Waals surface area contributed by atoms with Crippen molar-refractivity contribution < 1.29 is 4.79 Å². The molecule has 0 atom stereocenters. The summed E-state index contributed by atoms with van der Waals surface area (Å²) in [6.07, 6.45) is 0.238. The summed E-state index contributed by atoms with van der Waals surface area (Å²) in [5.74, 6) is 0.243. The van der Waals surface area contributed by atoms with Gasteiger partial charge in [-0.25, -0.2) is 4.98 Å². The van der Waals surface area contributed by atoms with Crippen LogP contribution in [0.2, 0.25) is 5.02 Å². The van der Waals surface area contributed by atoms with Gasteiger partial charge in [0, 0.05) is 15.5 Å². The molecular formula is C12H9BrCl2N2OS. The van der Waals surface area contributed by atoms with Crippen LogP contribution >= 0.6 is 50.5 Å². The number of hydrogen-bond acceptors (Lipinski definition) is 3. The first kappa shape index (κ1) is 14.8. The summed E-state index contributed by atoms with van der Waals surface area (Å²) in [7, 11) is 0. The van der Waals surface area contributed by atoms with E-state index in [1.54, 1.807) is 18.2 Å². The average Bonchev–Trinajstić information content (AvgIpc) is 2.81. The van der Waals surface area contributed by atoms with E-state index in [9.17, 15) is 4.79 Å². The standard InChI is InChI=1S/C12H9BrCl2N2OS/c13-9-3-7(1-2-10(9)15)16-11(18)4-12-17-8(5-14)6-19-12/h1-3,6H,4-5H2,(H,16,18). The Balaban J connectivity index is 1.98. The van der Waals surface area contributed by atoms with E-state index >= 15 is 0 Å². The van der Waals surface area contributed by atoms with Crippen LogP contribution in [0.1, 0.15) is 10.7 Å². The molecule has 0 unspecified atom stereocenters. The average molecular weight is 380 g/mol. The van der Waals surface area contributed by atoms with Crippen LogP contribution < -0.4 is 5.32 Å². The van der Waals surface area contributed by atoms with Gasteiger partial charge in [-0.1, -0.05) is 11.6 Å². The molecule has 2 rings (SSSR count). The summed E-state index contributed by atoms with van der Waals surface area (Å²) in [6.45, 7) is 0. The minimum absolute atomic E-state index is 0.121. The van der Waals surface area contributed by atoms with E-state index in [4.69, 9.17) is 23.2 Å². The zero-order chi connectivity index (χ0) is 13.8. The Kier molecular flexibility index (Phi) is 5.21. The van der Waals surface area contributed by atoms with Crippen molar-refractivity contribution in [3.63, 3.8) is 0 Å². The lowest BCUT2D eigenvalue weighted by molar-refractivity contribution is -0.115. The number of halogens is 3. The number of nitrogens with one attached hydrogen (secondary N) is 1. The van der Waals surface area contributed by atoms with Gasteiger partial charge < -0.3 is 5.32 Å². The molecule has 100 valence electrons. The normalized spacial score (nSPS) is 10.5. The molecule has 3 nitrogen and oxygen atoms in total. The largest absolute Gasteiger partial charge is 0.326 e. The first-order valence-corrected chi connectivity index (χ1v) is 7.91. The molecule has 0 saturated carbocycles. The quantitative estimate of drug-likeness (QED) is 0.795. The number of hydrogen-bond donors (Lipinski definition) is 1. The summed E-state index contributed by atoms with van der Waals surface area (Å²) in [5.41, 5.74) is 1.49. The van der Waals surface area contributed by atoms with Crippen molar-refractivity contribution in [1.29, 1.82) is 0 Å². The van der Waals surface area contributed by atoms with Crippen LogP contribution in [0.4, 0.5) is 5.69 Å². The number of thiazole rings is 1. The molecule has 19 heavy (non-hydrogen) atoms. The zero-order valence-electron chi connectivity index (χ0n) is 9.62. The third-order valence-corrected chi connectivity index (χ3v) is 4.64. The minimum Gasteiger partial charge on any atom is -0.326 e. The summed E-state index contributed by atoms with van der Waals surface area (Å²) in [5, 5.41) is 6.00. The van der Waals surface area contributed by atoms with Gasteiger partial charge in [-0.15, -0.1) is 22.9 Å². The lowest BCUT2D eigenvalue weighted by atomic mass is 10.3. The SMILES string of the molecule is O=C(Cc1nc(CCl)cs1)Nc1ccc(Cl)c(Br)c1. The fourth-order valence-corrected chi connectivity index (χ4v) is 2.93. The topological polar surface area (TPSA) is 42.0 Å². The highest BCUT2D eigenvalue weighted by atomic mass is 79.9. The second-order valence-corrected chi connectivity index (χ2v) is 6.19. The van der Waals surface area contributed by atoms with E-state index in [1.165, 1.54) is 11.3 Å². The summed E-state index contributed by atoms with van der Waals surface area (Å²) in [6, 6.07) is 5.22. The Morgan fingerprint density at radius 1 is 1.47 bits per heavy atom. The van der Waals surface area contributed by atoms with E-state index in [2.05, 4.69) is 26.2 Å². The van der Waals surface area contributed by atoms with Gasteiger partial charge in [-0.3, -0.25) is 4.79 Å². The minimum atomic E-state index is -0.121. The van der Waals surface area contributed by atoms with Gasteiger partial charge in [0.2, 0.25) is 5.91 Å². The van der Waals surface area contributed by atoms with Crippen LogP contribution in [-0.2, 0) is 17.1 Å². The van der Waals surface area contributed by atoms with Crippen molar-refractivity contribution in [2.75, 3.05) is 5.32 Å². The molecule has 2 aromatic rings. The number of amides is 1. The van der Waals surface area contributed by atoms with Crippen LogP contribution in [0.5, 0.6) is 0 Å². The molecule has 0 bridgehead atoms. The van der Waals surface area contributed by atoms with E-state index in [0.29, 0.717) is 16.6 Å². The highest BCUT2D eigenvalue weighted by Gasteiger charge is 2.09. The second kappa shape index (κ2) is 6.70. The Morgan fingerprint density at radius 3 is 2.89 bits per heavy atom. The molecule has 0 radical (unpaired) electrons. The number of alkyl halides is 1. The first-order chi connectivity index (χ1) is 9.08. The van der Waals surface area contributed by atoms with Crippen LogP contribution in [0, 0.1) is 0 Å². The van der Waals surface area contributed by atoms with Gasteiger partial charge in [0.25, 0.3) is 0 Å². The smallest absolute Gasteiger partial charge is 0.231 e. The highest BCUT2D eigenvalue weighted by Crippen LogP contribution is 2.25. The number of anilines is 1. The predicted molar refractivity (Wildman–Crippen MR) is 83.2 cm³/mol. The van der Waals surface area contributed by atoms with Crippen LogP contribution in [-0.4, -0.2) is 10.9 Å². The number of aromatic nitrogens is 1. The van der Waals surface area contributed by atoms with Crippen molar-refractivity contribution >= 4 is 62.1 Å². The molecule has 1 N–H and O–H groups in total. The van der Waals surface area contributed by atoms with E-state index < -0.39 is 0 Å². The number of nitrogens with zero attached hydrogens (tertiary/aromatic N) is 1. The fraction of sp³-hybridized carbons (Fsp3) is 0.167. The Bertz CT molecular complexity index is 603. The maximum absolute atomic E-state index is 11.8. The van der Waals surface area contributed by atoms with Crippen molar-refractivity contribution in [3.05, 3.63) is 43.8 Å². The summed E-state index contributed by atoms with van der Waals surface area (Å²) >= 11 is 16.3. The van der Waals surface area contributed by atoms with E-state index in [-0.39, 0.29) is 12.3 Å². The first-order valence-electron chi connectivity index (χ1n) is 5.32. The van der Waals surface area contributed by atoms with Gasteiger partial charge >= 0.3 is 0 Å². The van der Waals surface area contributed by atoms with Crippen molar-refractivity contribution in [1.82, 2.24) is 4.98 Å². The molecule has 1 amide bonds. The van der Waals surface area contributed by atoms with E-state index in [0.717, 1.165) is 15.2 Å². The van der Waals surface area contributed by atoms with E-state index in [1.807, 2.05) is 5.38 Å². The van der Waals surface area contributed by atoms with Gasteiger partial charge in [0.15, 0.2) is 0 Å². The lowest BCUT2D eigenvalue weighted by Gasteiger charge is -2.05. The summed E-state index contributed by atoms with van der Waals surface area (Å²) in [4.78, 5) is 16.1. The molecule has 0 fully saturated rings. The molecule has 1 aromatic carbocycles. The molecule has 7 heteroatoms. The lowest BCUT2D eigenvalue weighted by Crippen LogP contribution is -2.14. The third-order valence-electron chi connectivity index (χ3n) is 2.25. The van der Waals surface area contributed by atoms with Gasteiger partial charge in [-0.2, -0.15) is 0 Å². The fourth-order valence-electron chi connectivity index (χ4n) is 1.41. The number of carbonyl (C=O) groups is 1. The highest BCUT2D eigenvalue weighted by molar-refractivity contribution is 9.10. The van der Waals surface area contributed by atoms with Gasteiger partial charge in [-0.05, 0) is 34.1 Å². The van der Waals surface area contributed by atoms with Crippen molar-refractivity contribution in [2.45, 2.75) is 12.3 Å². The Labute approximate surface area is 133 Å². The Hall–Kier alpha value is -0.620. The molecule has 0 aliphatic carbocycles. The van der Waals surface area contributed by atoms with Crippen LogP contribution in [0.25, 0.3) is 0 Å². The summed E-state index contributed by atoms with van der Waals surface area (Å²) < 4.78 is 0.741. The predicted octanol–water partition coefficient (Wildman–Crippen LogP) is 4.48. The molecule has 1 aromatic heterocycles. The zero-order valence-corrected chi connectivity index (χ0v) is 13.5. The molecule has 0 aliphatic rings. The van der Waals surface area contributed by atoms with Crippen molar-refractivity contribution in [2.24, 2.45) is 0 Å². The number of carbonyl (C=O) groups excluding carboxylic acids is 1. The molecule has 0 saturated heterocycles.